The molecule has 0 aromatic carbocycles. The van der Waals surface area contributed by atoms with E-state index in [4.69, 9.17) is 4.74 Å². The van der Waals surface area contributed by atoms with Crippen molar-refractivity contribution >= 4 is 0 Å². The van der Waals surface area contributed by atoms with Gasteiger partial charge in [-0.2, -0.15) is 0 Å². The molecule has 0 amide bonds. The third-order valence-corrected chi connectivity index (χ3v) is 2.64. The van der Waals surface area contributed by atoms with Gasteiger partial charge in [0.25, 0.3) is 0 Å². The summed E-state index contributed by atoms with van der Waals surface area (Å²) >= 11 is 0. The van der Waals surface area contributed by atoms with Gasteiger partial charge >= 0.3 is 0 Å². The summed E-state index contributed by atoms with van der Waals surface area (Å²) in [5, 5.41) is 3.66. The summed E-state index contributed by atoms with van der Waals surface area (Å²) in [5.41, 5.74) is 0.687. The van der Waals surface area contributed by atoms with Crippen molar-refractivity contribution in [3.63, 3.8) is 0 Å². The van der Waals surface area contributed by atoms with E-state index in [0.29, 0.717) is 11.0 Å². The maximum absolute atomic E-state index is 5.36. The first kappa shape index (κ1) is 11.0. The predicted octanol–water partition coefficient (Wildman–Crippen LogP) is 2.19. The summed E-state index contributed by atoms with van der Waals surface area (Å²) in [4.78, 5) is 0. The predicted molar refractivity (Wildman–Crippen MR) is 55.9 cm³/mol. The van der Waals surface area contributed by atoms with Crippen LogP contribution in [0.25, 0.3) is 0 Å². The first-order chi connectivity index (χ1) is 5.91. The Kier molecular flexibility index (Phi) is 3.36. The number of hydrogen-bond donors (Lipinski definition) is 1. The lowest BCUT2D eigenvalue weighted by Crippen LogP contribution is -2.49. The van der Waals surface area contributed by atoms with Crippen LogP contribution >= 0.6 is 0 Å². The Morgan fingerprint density at radius 3 is 2.23 bits per heavy atom. The average Bonchev–Trinajstić information content (AvgIpc) is 2.02. The van der Waals surface area contributed by atoms with Crippen molar-refractivity contribution < 1.29 is 4.74 Å². The standard InChI is InChI=1S/C11H23NO/c1-10(2,3)9-12-11(4)5-7-13-8-6-11/h12H,5-9H2,1-4H3. The van der Waals surface area contributed by atoms with Crippen LogP contribution in [0.5, 0.6) is 0 Å². The summed E-state index contributed by atoms with van der Waals surface area (Å²) in [6.45, 7) is 12.0. The molecule has 1 N–H and O–H groups in total. The Labute approximate surface area is 82.0 Å². The minimum Gasteiger partial charge on any atom is -0.381 e. The Balaban J connectivity index is 2.33. The smallest absolute Gasteiger partial charge is 0.0483 e. The maximum Gasteiger partial charge on any atom is 0.0483 e. The molecule has 0 aromatic heterocycles. The number of ether oxygens (including phenoxy) is 1. The summed E-state index contributed by atoms with van der Waals surface area (Å²) in [6, 6.07) is 0. The quantitative estimate of drug-likeness (QED) is 0.712. The van der Waals surface area contributed by atoms with Gasteiger partial charge in [0.15, 0.2) is 0 Å². The molecule has 1 aliphatic heterocycles. The fourth-order valence-corrected chi connectivity index (χ4v) is 1.48. The zero-order valence-electron chi connectivity index (χ0n) is 9.44. The molecule has 1 saturated heterocycles. The molecule has 2 nitrogen and oxygen atoms in total. The largest absolute Gasteiger partial charge is 0.381 e. The normalized spacial score (nSPS) is 23.1. The van der Waals surface area contributed by atoms with Crippen molar-refractivity contribution in [1.29, 1.82) is 0 Å². The van der Waals surface area contributed by atoms with Crippen LogP contribution in [0, 0.1) is 5.41 Å². The van der Waals surface area contributed by atoms with E-state index in [2.05, 4.69) is 33.0 Å². The lowest BCUT2D eigenvalue weighted by molar-refractivity contribution is 0.0419. The Morgan fingerprint density at radius 1 is 1.23 bits per heavy atom. The highest BCUT2D eigenvalue weighted by molar-refractivity contribution is 4.86. The van der Waals surface area contributed by atoms with Gasteiger partial charge in [-0.3, -0.25) is 0 Å². The fraction of sp³-hybridized carbons (Fsp3) is 1.00. The highest BCUT2D eigenvalue weighted by Crippen LogP contribution is 2.21. The van der Waals surface area contributed by atoms with E-state index in [1.54, 1.807) is 0 Å². The van der Waals surface area contributed by atoms with E-state index in [1.165, 1.54) is 0 Å². The zero-order valence-corrected chi connectivity index (χ0v) is 9.44. The molecule has 0 aromatic rings. The number of rotatable bonds is 2. The van der Waals surface area contributed by atoms with Crippen molar-refractivity contribution in [3.05, 3.63) is 0 Å². The molecule has 1 fully saturated rings. The molecule has 1 rings (SSSR count). The maximum atomic E-state index is 5.36. The van der Waals surface area contributed by atoms with E-state index in [9.17, 15) is 0 Å². The Bertz CT molecular complexity index is 154. The minimum absolute atomic E-state index is 0.311. The molecule has 0 saturated carbocycles. The molecule has 0 unspecified atom stereocenters. The lowest BCUT2D eigenvalue weighted by atomic mass is 9.89. The molecule has 0 bridgehead atoms. The fourth-order valence-electron chi connectivity index (χ4n) is 1.48. The van der Waals surface area contributed by atoms with Gasteiger partial charge in [-0.25, -0.2) is 0 Å². The summed E-state index contributed by atoms with van der Waals surface area (Å²) in [6.07, 6.45) is 2.28. The monoisotopic (exact) mass is 185 g/mol. The van der Waals surface area contributed by atoms with Crippen LogP contribution in [0.2, 0.25) is 0 Å². The molecule has 1 aliphatic rings. The van der Waals surface area contributed by atoms with Crippen molar-refractivity contribution in [1.82, 2.24) is 5.32 Å². The number of hydrogen-bond acceptors (Lipinski definition) is 2. The number of nitrogens with one attached hydrogen (secondary N) is 1. The van der Waals surface area contributed by atoms with Gasteiger partial charge in [0, 0.05) is 25.3 Å². The third kappa shape index (κ3) is 4.10. The molecule has 0 atom stereocenters. The molecule has 2 heteroatoms. The lowest BCUT2D eigenvalue weighted by Gasteiger charge is -2.37. The highest BCUT2D eigenvalue weighted by atomic mass is 16.5. The van der Waals surface area contributed by atoms with Crippen LogP contribution < -0.4 is 5.32 Å². The molecule has 0 aliphatic carbocycles. The van der Waals surface area contributed by atoms with E-state index < -0.39 is 0 Å². The van der Waals surface area contributed by atoms with Crippen LogP contribution in [-0.4, -0.2) is 25.3 Å². The van der Waals surface area contributed by atoms with Crippen LogP contribution in [0.4, 0.5) is 0 Å². The van der Waals surface area contributed by atoms with Crippen LogP contribution in [0.1, 0.15) is 40.5 Å². The van der Waals surface area contributed by atoms with Gasteiger partial charge in [0.2, 0.25) is 0 Å². The highest BCUT2D eigenvalue weighted by Gasteiger charge is 2.27. The first-order valence-electron chi connectivity index (χ1n) is 5.24. The molecule has 0 spiro atoms. The third-order valence-electron chi connectivity index (χ3n) is 2.64. The van der Waals surface area contributed by atoms with E-state index >= 15 is 0 Å². The van der Waals surface area contributed by atoms with Crippen LogP contribution in [0.15, 0.2) is 0 Å². The topological polar surface area (TPSA) is 21.3 Å². The van der Waals surface area contributed by atoms with E-state index in [0.717, 1.165) is 32.6 Å². The second-order valence-electron chi connectivity index (χ2n) is 5.59. The van der Waals surface area contributed by atoms with E-state index in [-0.39, 0.29) is 0 Å². The van der Waals surface area contributed by atoms with Gasteiger partial charge in [-0.15, -0.1) is 0 Å². The first-order valence-corrected chi connectivity index (χ1v) is 5.24. The SMILES string of the molecule is CC(C)(C)CNC1(C)CCOCC1. The Hall–Kier alpha value is -0.0800. The molecule has 1 heterocycles. The van der Waals surface area contributed by atoms with Gasteiger partial charge in [0.05, 0.1) is 0 Å². The summed E-state index contributed by atoms with van der Waals surface area (Å²) in [7, 11) is 0. The van der Waals surface area contributed by atoms with Gasteiger partial charge in [-0.05, 0) is 25.2 Å². The molecular formula is C11H23NO. The van der Waals surface area contributed by atoms with Gasteiger partial charge < -0.3 is 10.1 Å². The molecule has 78 valence electrons. The van der Waals surface area contributed by atoms with E-state index in [1.807, 2.05) is 0 Å². The van der Waals surface area contributed by atoms with Gasteiger partial charge in [-0.1, -0.05) is 20.8 Å². The second kappa shape index (κ2) is 3.97. The van der Waals surface area contributed by atoms with Crippen LogP contribution in [-0.2, 0) is 4.74 Å². The Morgan fingerprint density at radius 2 is 1.77 bits per heavy atom. The average molecular weight is 185 g/mol. The van der Waals surface area contributed by atoms with Gasteiger partial charge in [0.1, 0.15) is 0 Å². The molecule has 13 heavy (non-hydrogen) atoms. The van der Waals surface area contributed by atoms with Crippen molar-refractivity contribution in [2.45, 2.75) is 46.1 Å². The molecule has 0 radical (unpaired) electrons. The van der Waals surface area contributed by atoms with Crippen molar-refractivity contribution in [3.8, 4) is 0 Å². The zero-order chi connectivity index (χ0) is 9.95. The van der Waals surface area contributed by atoms with Crippen LogP contribution in [0.3, 0.4) is 0 Å². The van der Waals surface area contributed by atoms with Crippen molar-refractivity contribution in [2.75, 3.05) is 19.8 Å². The van der Waals surface area contributed by atoms with Crippen molar-refractivity contribution in [2.24, 2.45) is 5.41 Å². The summed E-state index contributed by atoms with van der Waals surface area (Å²) < 4.78 is 5.36. The summed E-state index contributed by atoms with van der Waals surface area (Å²) in [5.74, 6) is 0. The second-order valence-corrected chi connectivity index (χ2v) is 5.59. The minimum atomic E-state index is 0.311. The molecular weight excluding hydrogens is 162 g/mol.